The number of benzene rings is 1. The second kappa shape index (κ2) is 7.83. The molecular weight excluding hydrogens is 425 g/mol. The van der Waals surface area contributed by atoms with Gasteiger partial charge in [0, 0.05) is 32.4 Å². The normalized spacial score (nSPS) is 22.9. The third kappa shape index (κ3) is 3.81. The number of imide groups is 1. The smallest absolute Gasteiger partial charge is 0.322 e. The third-order valence-corrected chi connectivity index (χ3v) is 6.81. The van der Waals surface area contributed by atoms with Gasteiger partial charge in [-0.05, 0) is 61.4 Å². The van der Waals surface area contributed by atoms with E-state index in [0.29, 0.717) is 32.1 Å². The lowest BCUT2D eigenvalue weighted by molar-refractivity contribution is -0.123. The predicted octanol–water partition coefficient (Wildman–Crippen LogP) is 2.42. The molecule has 5 rings (SSSR count). The number of carbonyl (C=O) groups excluding carboxylic acids is 3. The molecule has 1 atom stereocenters. The predicted molar refractivity (Wildman–Crippen MR) is 119 cm³/mol. The molecule has 2 aliphatic heterocycles. The highest BCUT2D eigenvalue weighted by molar-refractivity contribution is 6.07. The van der Waals surface area contributed by atoms with Crippen LogP contribution < -0.4 is 15.5 Å². The number of anilines is 1. The maximum absolute atomic E-state index is 14.9. The molecule has 2 N–H and O–H groups in total. The standard InChI is InChI=1S/C24H26FN5O3/c1-14-11-16(15-3-4-15)13-26-20(14)29-7-9-30(10-8-29)21(31)18-6-5-17(12-19(18)25)24(2)22(32)27-23(33)28-24/h5-6,11-13,15H,3-4,7-10H2,1-2H3,(H2,27,28,32,33). The number of hydrogen-bond acceptors (Lipinski definition) is 5. The SMILES string of the molecule is Cc1cc(C2CC2)cnc1N1CCN(C(=O)c2ccc(C3(C)NC(=O)NC3=O)cc2F)CC1. The number of nitrogens with one attached hydrogen (secondary N) is 2. The average Bonchev–Trinajstić information content (AvgIpc) is 3.60. The minimum atomic E-state index is -1.37. The summed E-state index contributed by atoms with van der Waals surface area (Å²) in [6, 6.07) is 5.61. The Balaban J connectivity index is 1.26. The summed E-state index contributed by atoms with van der Waals surface area (Å²) in [4.78, 5) is 45.1. The molecule has 33 heavy (non-hydrogen) atoms. The zero-order chi connectivity index (χ0) is 23.3. The molecule has 1 aromatic heterocycles. The second-order valence-electron chi connectivity index (χ2n) is 9.19. The van der Waals surface area contributed by atoms with E-state index in [4.69, 9.17) is 0 Å². The maximum atomic E-state index is 14.9. The van der Waals surface area contributed by atoms with Crippen molar-refractivity contribution in [1.29, 1.82) is 0 Å². The number of pyridine rings is 1. The Hall–Kier alpha value is -3.49. The molecule has 0 radical (unpaired) electrons. The Labute approximate surface area is 191 Å². The van der Waals surface area contributed by atoms with Gasteiger partial charge in [0.05, 0.1) is 5.56 Å². The molecule has 1 aromatic carbocycles. The van der Waals surface area contributed by atoms with Crippen LogP contribution in [-0.2, 0) is 10.3 Å². The fourth-order valence-electron chi connectivity index (χ4n) is 4.60. The van der Waals surface area contributed by atoms with Gasteiger partial charge in [0.15, 0.2) is 0 Å². The fraction of sp³-hybridized carbons (Fsp3) is 0.417. The topological polar surface area (TPSA) is 94.6 Å². The monoisotopic (exact) mass is 451 g/mol. The lowest BCUT2D eigenvalue weighted by Gasteiger charge is -2.36. The van der Waals surface area contributed by atoms with Crippen LogP contribution >= 0.6 is 0 Å². The van der Waals surface area contributed by atoms with Gasteiger partial charge in [0.2, 0.25) is 0 Å². The van der Waals surface area contributed by atoms with E-state index in [-0.39, 0.29) is 11.1 Å². The minimum absolute atomic E-state index is 0.0522. The molecule has 9 heteroatoms. The quantitative estimate of drug-likeness (QED) is 0.697. The molecule has 1 saturated carbocycles. The van der Waals surface area contributed by atoms with Gasteiger partial charge in [-0.3, -0.25) is 14.9 Å². The highest BCUT2D eigenvalue weighted by Crippen LogP contribution is 2.40. The first-order valence-electron chi connectivity index (χ1n) is 11.2. The Morgan fingerprint density at radius 2 is 1.88 bits per heavy atom. The van der Waals surface area contributed by atoms with Gasteiger partial charge in [-0.1, -0.05) is 12.1 Å². The number of halogens is 1. The molecule has 0 bridgehead atoms. The van der Waals surface area contributed by atoms with Crippen LogP contribution in [-0.4, -0.2) is 53.9 Å². The molecule has 8 nitrogen and oxygen atoms in total. The summed E-state index contributed by atoms with van der Waals surface area (Å²) in [6.07, 6.45) is 4.43. The number of carbonyl (C=O) groups is 3. The van der Waals surface area contributed by atoms with Crippen LogP contribution in [0.25, 0.3) is 0 Å². The van der Waals surface area contributed by atoms with Crippen LogP contribution in [0.15, 0.2) is 30.5 Å². The lowest BCUT2D eigenvalue weighted by atomic mass is 9.91. The first-order chi connectivity index (χ1) is 15.8. The zero-order valence-corrected chi connectivity index (χ0v) is 18.7. The molecule has 3 heterocycles. The number of nitrogens with zero attached hydrogens (tertiary/aromatic N) is 3. The number of aromatic nitrogens is 1. The number of amides is 4. The number of urea groups is 1. The van der Waals surface area contributed by atoms with E-state index in [1.807, 2.05) is 6.20 Å². The van der Waals surface area contributed by atoms with E-state index >= 15 is 0 Å². The van der Waals surface area contributed by atoms with Crippen molar-refractivity contribution in [3.05, 3.63) is 58.5 Å². The number of rotatable bonds is 4. The second-order valence-corrected chi connectivity index (χ2v) is 9.19. The number of aryl methyl sites for hydroxylation is 1. The van der Waals surface area contributed by atoms with Gasteiger partial charge in [-0.15, -0.1) is 0 Å². The summed E-state index contributed by atoms with van der Waals surface area (Å²) in [6.45, 7) is 5.72. The lowest BCUT2D eigenvalue weighted by Crippen LogP contribution is -2.49. The van der Waals surface area contributed by atoms with Crippen molar-refractivity contribution in [3.8, 4) is 0 Å². The summed E-state index contributed by atoms with van der Waals surface area (Å²) < 4.78 is 14.9. The maximum Gasteiger partial charge on any atom is 0.322 e. The Morgan fingerprint density at radius 1 is 1.15 bits per heavy atom. The average molecular weight is 452 g/mol. The molecule has 3 aliphatic rings. The van der Waals surface area contributed by atoms with E-state index in [1.54, 1.807) is 4.90 Å². The van der Waals surface area contributed by atoms with Gasteiger partial charge in [0.1, 0.15) is 17.2 Å². The third-order valence-electron chi connectivity index (χ3n) is 6.81. The molecule has 3 fully saturated rings. The van der Waals surface area contributed by atoms with Crippen LogP contribution in [0, 0.1) is 12.7 Å². The zero-order valence-electron chi connectivity index (χ0n) is 18.7. The van der Waals surface area contributed by atoms with Crippen LogP contribution in [0.2, 0.25) is 0 Å². The Bertz CT molecular complexity index is 1160. The van der Waals surface area contributed by atoms with Gasteiger partial charge in [-0.25, -0.2) is 14.2 Å². The highest BCUT2D eigenvalue weighted by atomic mass is 19.1. The molecule has 4 amide bonds. The van der Waals surface area contributed by atoms with Crippen molar-refractivity contribution in [2.45, 2.75) is 38.1 Å². The number of piperazine rings is 1. The molecule has 172 valence electrons. The van der Waals surface area contributed by atoms with Crippen molar-refractivity contribution in [1.82, 2.24) is 20.5 Å². The summed E-state index contributed by atoms with van der Waals surface area (Å²) >= 11 is 0. The first kappa shape index (κ1) is 21.4. The summed E-state index contributed by atoms with van der Waals surface area (Å²) in [5, 5.41) is 4.65. The van der Waals surface area contributed by atoms with Crippen molar-refractivity contribution in [2.75, 3.05) is 31.1 Å². The van der Waals surface area contributed by atoms with E-state index < -0.39 is 29.2 Å². The molecular formula is C24H26FN5O3. The Morgan fingerprint density at radius 3 is 2.45 bits per heavy atom. The van der Waals surface area contributed by atoms with Crippen LogP contribution in [0.4, 0.5) is 15.0 Å². The van der Waals surface area contributed by atoms with E-state index in [1.165, 1.54) is 37.5 Å². The molecule has 2 aromatic rings. The van der Waals surface area contributed by atoms with Gasteiger partial charge < -0.3 is 15.1 Å². The fourth-order valence-corrected chi connectivity index (χ4v) is 4.60. The van der Waals surface area contributed by atoms with Crippen molar-refractivity contribution in [3.63, 3.8) is 0 Å². The molecule has 2 saturated heterocycles. The van der Waals surface area contributed by atoms with Crippen molar-refractivity contribution in [2.24, 2.45) is 0 Å². The Kier molecular flexibility index (Phi) is 5.07. The van der Waals surface area contributed by atoms with Gasteiger partial charge >= 0.3 is 6.03 Å². The van der Waals surface area contributed by atoms with Crippen molar-refractivity contribution < 1.29 is 18.8 Å². The van der Waals surface area contributed by atoms with Crippen molar-refractivity contribution >= 4 is 23.7 Å². The molecule has 0 spiro atoms. The van der Waals surface area contributed by atoms with Crippen LogP contribution in [0.5, 0.6) is 0 Å². The summed E-state index contributed by atoms with van der Waals surface area (Å²) in [5.41, 5.74) is 1.29. The van der Waals surface area contributed by atoms with Crippen LogP contribution in [0.1, 0.15) is 52.7 Å². The van der Waals surface area contributed by atoms with Gasteiger partial charge in [0.25, 0.3) is 11.8 Å². The molecule has 1 unspecified atom stereocenters. The van der Waals surface area contributed by atoms with E-state index in [9.17, 15) is 18.8 Å². The minimum Gasteiger partial charge on any atom is -0.353 e. The first-order valence-corrected chi connectivity index (χ1v) is 11.2. The summed E-state index contributed by atoms with van der Waals surface area (Å²) in [7, 11) is 0. The summed E-state index contributed by atoms with van der Waals surface area (Å²) in [5.74, 6) is -0.0768. The van der Waals surface area contributed by atoms with E-state index in [0.717, 1.165) is 17.4 Å². The largest absolute Gasteiger partial charge is 0.353 e. The van der Waals surface area contributed by atoms with Gasteiger partial charge in [-0.2, -0.15) is 0 Å². The van der Waals surface area contributed by atoms with E-state index in [2.05, 4.69) is 33.5 Å². The van der Waals surface area contributed by atoms with Crippen LogP contribution in [0.3, 0.4) is 0 Å². The molecule has 1 aliphatic carbocycles. The number of hydrogen-bond donors (Lipinski definition) is 2. The highest BCUT2D eigenvalue weighted by Gasteiger charge is 2.44.